The van der Waals surface area contributed by atoms with Gasteiger partial charge in [-0.2, -0.15) is 0 Å². The fourth-order valence-electron chi connectivity index (χ4n) is 1.54. The molecule has 0 radical (unpaired) electrons. The first-order valence-corrected chi connectivity index (χ1v) is 6.07. The molecule has 0 amide bonds. The summed E-state index contributed by atoms with van der Waals surface area (Å²) >= 11 is 1.62. The molecule has 2 rings (SSSR count). The normalized spacial score (nSPS) is 11.9. The van der Waals surface area contributed by atoms with E-state index in [2.05, 4.69) is 15.3 Å². The van der Waals surface area contributed by atoms with Crippen molar-refractivity contribution in [2.24, 2.45) is 0 Å². The van der Waals surface area contributed by atoms with E-state index in [4.69, 9.17) is 5.11 Å². The van der Waals surface area contributed by atoms with E-state index < -0.39 is 0 Å². The van der Waals surface area contributed by atoms with Crippen LogP contribution in [0, 0.1) is 0 Å². The van der Waals surface area contributed by atoms with Crippen molar-refractivity contribution in [1.29, 1.82) is 0 Å². The molecule has 2 aromatic rings. The Kier molecular flexibility index (Phi) is 3.07. The first-order chi connectivity index (χ1) is 7.62. The lowest BCUT2D eigenvalue weighted by Crippen LogP contribution is -2.32. The fraction of sp³-hybridized carbons (Fsp3) is 0.455. The molecule has 4 nitrogen and oxygen atoms in total. The second-order valence-electron chi connectivity index (χ2n) is 4.34. The van der Waals surface area contributed by atoms with Gasteiger partial charge in [-0.1, -0.05) is 0 Å². The summed E-state index contributed by atoms with van der Waals surface area (Å²) in [6.07, 6.45) is 2.25. The van der Waals surface area contributed by atoms with Gasteiger partial charge in [0.25, 0.3) is 0 Å². The van der Waals surface area contributed by atoms with Crippen LogP contribution in [0.25, 0.3) is 10.2 Å². The summed E-state index contributed by atoms with van der Waals surface area (Å²) in [5, 5.41) is 14.3. The maximum absolute atomic E-state index is 8.98. The van der Waals surface area contributed by atoms with Gasteiger partial charge in [-0.15, -0.1) is 11.3 Å². The van der Waals surface area contributed by atoms with Crippen LogP contribution in [0.3, 0.4) is 0 Å². The summed E-state index contributed by atoms with van der Waals surface area (Å²) in [7, 11) is 0. The van der Waals surface area contributed by atoms with Crippen molar-refractivity contribution in [3.63, 3.8) is 0 Å². The molecule has 0 aliphatic heterocycles. The van der Waals surface area contributed by atoms with Crippen LogP contribution in [-0.2, 0) is 0 Å². The van der Waals surface area contributed by atoms with Crippen molar-refractivity contribution in [3.05, 3.63) is 17.8 Å². The molecule has 0 unspecified atom stereocenters. The Morgan fingerprint density at radius 3 is 3.00 bits per heavy atom. The molecular formula is C11H15N3OS. The Morgan fingerprint density at radius 2 is 2.25 bits per heavy atom. The molecular weight excluding hydrogens is 222 g/mol. The van der Waals surface area contributed by atoms with Crippen LogP contribution in [0.4, 0.5) is 5.82 Å². The molecule has 0 aliphatic rings. The van der Waals surface area contributed by atoms with Gasteiger partial charge in [-0.05, 0) is 31.7 Å². The third-order valence-corrected chi connectivity index (χ3v) is 3.35. The first-order valence-electron chi connectivity index (χ1n) is 5.20. The molecule has 0 saturated carbocycles. The molecule has 2 N–H and O–H groups in total. The maximum Gasteiger partial charge on any atom is 0.147 e. The number of thiophene rings is 1. The van der Waals surface area contributed by atoms with Gasteiger partial charge in [-0.3, -0.25) is 0 Å². The largest absolute Gasteiger partial charge is 0.396 e. The Bertz CT molecular complexity index is 481. The van der Waals surface area contributed by atoms with E-state index in [0.717, 1.165) is 16.0 Å². The predicted octanol–water partition coefficient (Wildman–Crippen LogP) is 2.26. The monoisotopic (exact) mass is 237 g/mol. The molecule has 86 valence electrons. The van der Waals surface area contributed by atoms with Gasteiger partial charge >= 0.3 is 0 Å². The molecule has 5 heteroatoms. The molecule has 2 aromatic heterocycles. The van der Waals surface area contributed by atoms with Gasteiger partial charge in [0.05, 0.1) is 10.2 Å². The first kappa shape index (κ1) is 11.3. The lowest BCUT2D eigenvalue weighted by Gasteiger charge is -2.26. The van der Waals surface area contributed by atoms with Crippen molar-refractivity contribution in [1.82, 2.24) is 9.97 Å². The van der Waals surface area contributed by atoms with Crippen LogP contribution < -0.4 is 5.32 Å². The smallest absolute Gasteiger partial charge is 0.147 e. The number of nitrogens with one attached hydrogen (secondary N) is 1. The minimum Gasteiger partial charge on any atom is -0.396 e. The van der Waals surface area contributed by atoms with Crippen LogP contribution in [0.1, 0.15) is 20.3 Å². The summed E-state index contributed by atoms with van der Waals surface area (Å²) in [6.45, 7) is 4.26. The number of aliphatic hydroxyl groups excluding tert-OH is 1. The molecule has 0 aliphatic carbocycles. The van der Waals surface area contributed by atoms with E-state index in [0.29, 0.717) is 6.42 Å². The summed E-state index contributed by atoms with van der Waals surface area (Å²) in [4.78, 5) is 8.44. The van der Waals surface area contributed by atoms with E-state index in [9.17, 15) is 0 Å². The summed E-state index contributed by atoms with van der Waals surface area (Å²) in [5.74, 6) is 0.846. The topological polar surface area (TPSA) is 58.0 Å². The quantitative estimate of drug-likeness (QED) is 0.856. The summed E-state index contributed by atoms with van der Waals surface area (Å²) < 4.78 is 1.06. The van der Waals surface area contributed by atoms with E-state index in [1.165, 1.54) is 0 Å². The van der Waals surface area contributed by atoms with Gasteiger partial charge < -0.3 is 10.4 Å². The molecule has 2 heterocycles. The molecule has 0 spiro atoms. The molecule has 0 bridgehead atoms. The number of aliphatic hydroxyl groups is 1. The standard InChI is InChI=1S/C11H15N3OS/c1-11(2,4-5-15)14-10-9-8(3-6-16-9)12-7-13-10/h3,6-7,15H,4-5H2,1-2H3,(H,12,13,14). The summed E-state index contributed by atoms with van der Waals surface area (Å²) in [5.41, 5.74) is 0.794. The zero-order valence-corrected chi connectivity index (χ0v) is 10.2. The van der Waals surface area contributed by atoms with Crippen molar-refractivity contribution >= 4 is 27.4 Å². The van der Waals surface area contributed by atoms with Crippen LogP contribution in [-0.4, -0.2) is 27.2 Å². The molecule has 0 saturated heterocycles. The number of hydrogen-bond acceptors (Lipinski definition) is 5. The van der Waals surface area contributed by atoms with E-state index in [-0.39, 0.29) is 12.1 Å². The van der Waals surface area contributed by atoms with E-state index in [1.807, 2.05) is 25.3 Å². The highest BCUT2D eigenvalue weighted by atomic mass is 32.1. The maximum atomic E-state index is 8.98. The Balaban J connectivity index is 2.30. The highest BCUT2D eigenvalue weighted by molar-refractivity contribution is 7.17. The van der Waals surface area contributed by atoms with Gasteiger partial charge in [0.1, 0.15) is 12.1 Å². The number of aromatic nitrogens is 2. The molecule has 0 atom stereocenters. The van der Waals surface area contributed by atoms with Crippen molar-refractivity contribution in [2.45, 2.75) is 25.8 Å². The zero-order chi connectivity index (χ0) is 11.6. The van der Waals surface area contributed by atoms with E-state index >= 15 is 0 Å². The van der Waals surface area contributed by atoms with E-state index in [1.54, 1.807) is 17.7 Å². The van der Waals surface area contributed by atoms with Crippen molar-refractivity contribution in [3.8, 4) is 0 Å². The van der Waals surface area contributed by atoms with Gasteiger partial charge in [0, 0.05) is 12.1 Å². The van der Waals surface area contributed by atoms with Gasteiger partial charge in [0.15, 0.2) is 0 Å². The number of rotatable bonds is 4. The van der Waals surface area contributed by atoms with Crippen LogP contribution >= 0.6 is 11.3 Å². The van der Waals surface area contributed by atoms with Crippen LogP contribution in [0.5, 0.6) is 0 Å². The SMILES string of the molecule is CC(C)(CCO)Nc1ncnc2ccsc12. The Morgan fingerprint density at radius 1 is 1.44 bits per heavy atom. The molecule has 0 aromatic carbocycles. The van der Waals surface area contributed by atoms with Crippen molar-refractivity contribution in [2.75, 3.05) is 11.9 Å². The fourth-order valence-corrected chi connectivity index (χ4v) is 2.33. The number of anilines is 1. The average molecular weight is 237 g/mol. The zero-order valence-electron chi connectivity index (χ0n) is 9.40. The third-order valence-electron chi connectivity index (χ3n) is 2.44. The second kappa shape index (κ2) is 4.35. The summed E-state index contributed by atoms with van der Waals surface area (Å²) in [6, 6.07) is 1.98. The minimum absolute atomic E-state index is 0.165. The van der Waals surface area contributed by atoms with Crippen LogP contribution in [0.15, 0.2) is 17.8 Å². The highest BCUT2D eigenvalue weighted by Gasteiger charge is 2.18. The van der Waals surface area contributed by atoms with Gasteiger partial charge in [0.2, 0.25) is 0 Å². The molecule has 16 heavy (non-hydrogen) atoms. The van der Waals surface area contributed by atoms with Crippen LogP contribution in [0.2, 0.25) is 0 Å². The minimum atomic E-state index is -0.167. The lowest BCUT2D eigenvalue weighted by atomic mass is 10.0. The lowest BCUT2D eigenvalue weighted by molar-refractivity contribution is 0.260. The Labute approximate surface area is 98.4 Å². The number of fused-ring (bicyclic) bond motifs is 1. The number of nitrogens with zero attached hydrogens (tertiary/aromatic N) is 2. The average Bonchev–Trinajstić information content (AvgIpc) is 2.65. The van der Waals surface area contributed by atoms with Gasteiger partial charge in [-0.25, -0.2) is 9.97 Å². The van der Waals surface area contributed by atoms with Crippen molar-refractivity contribution < 1.29 is 5.11 Å². The third kappa shape index (κ3) is 2.31. The molecule has 0 fully saturated rings. The Hall–Kier alpha value is -1.20. The highest BCUT2D eigenvalue weighted by Crippen LogP contribution is 2.27. The number of hydrogen-bond donors (Lipinski definition) is 2. The second-order valence-corrected chi connectivity index (χ2v) is 5.26. The predicted molar refractivity (Wildman–Crippen MR) is 66.8 cm³/mol.